The van der Waals surface area contributed by atoms with Crippen LogP contribution in [0.2, 0.25) is 0 Å². The molecule has 3 rings (SSSR count). The third kappa shape index (κ3) is 3.72. The highest BCUT2D eigenvalue weighted by Crippen LogP contribution is 2.26. The molecular formula is C14H20Cl2N4. The Kier molecular flexibility index (Phi) is 6.46. The van der Waals surface area contributed by atoms with Gasteiger partial charge in [-0.15, -0.1) is 24.8 Å². The van der Waals surface area contributed by atoms with Crippen molar-refractivity contribution < 1.29 is 0 Å². The standard InChI is InChI=1S/C14H18N4.2ClH/c1-10-2-3-12(16-9-10)14-8-13(17-18-14)11-4-6-15-7-5-11;;/h2-3,8-9,11,15H,4-7H2,1H3,(H,17,18);2*1H. The number of aryl methyl sites for hydroxylation is 1. The van der Waals surface area contributed by atoms with Crippen LogP contribution in [0.25, 0.3) is 11.4 Å². The molecule has 0 aliphatic carbocycles. The van der Waals surface area contributed by atoms with Gasteiger partial charge in [-0.3, -0.25) is 10.1 Å². The fraction of sp³-hybridized carbons (Fsp3) is 0.429. The summed E-state index contributed by atoms with van der Waals surface area (Å²) in [6, 6.07) is 6.26. The van der Waals surface area contributed by atoms with Gasteiger partial charge in [0.1, 0.15) is 0 Å². The van der Waals surface area contributed by atoms with Crippen molar-refractivity contribution >= 4 is 24.8 Å². The Morgan fingerprint density at radius 2 is 1.90 bits per heavy atom. The van der Waals surface area contributed by atoms with E-state index in [1.165, 1.54) is 24.1 Å². The lowest BCUT2D eigenvalue weighted by atomic mass is 9.94. The number of hydrogen-bond donors (Lipinski definition) is 2. The predicted molar refractivity (Wildman–Crippen MR) is 85.9 cm³/mol. The summed E-state index contributed by atoms with van der Waals surface area (Å²) in [5, 5.41) is 10.9. The average Bonchev–Trinajstić information content (AvgIpc) is 2.90. The molecule has 20 heavy (non-hydrogen) atoms. The summed E-state index contributed by atoms with van der Waals surface area (Å²) >= 11 is 0. The molecule has 0 aromatic carbocycles. The van der Waals surface area contributed by atoms with E-state index in [-0.39, 0.29) is 24.8 Å². The lowest BCUT2D eigenvalue weighted by Gasteiger charge is -2.20. The number of rotatable bonds is 2. The molecule has 0 amide bonds. The van der Waals surface area contributed by atoms with Gasteiger partial charge in [-0.25, -0.2) is 0 Å². The predicted octanol–water partition coefficient (Wildman–Crippen LogP) is 3.09. The number of halogens is 2. The molecule has 0 spiro atoms. The largest absolute Gasteiger partial charge is 0.317 e. The third-order valence-electron chi connectivity index (χ3n) is 3.54. The number of H-pyrrole nitrogens is 1. The summed E-state index contributed by atoms with van der Waals surface area (Å²) in [6.45, 7) is 4.23. The number of piperidine rings is 1. The monoisotopic (exact) mass is 314 g/mol. The van der Waals surface area contributed by atoms with Gasteiger partial charge in [0.2, 0.25) is 0 Å². The Balaban J connectivity index is 0.000001000. The zero-order chi connectivity index (χ0) is 12.4. The van der Waals surface area contributed by atoms with Gasteiger partial charge in [-0.2, -0.15) is 5.10 Å². The Hall–Kier alpha value is -1.10. The van der Waals surface area contributed by atoms with Gasteiger partial charge < -0.3 is 5.32 Å². The molecule has 0 atom stereocenters. The van der Waals surface area contributed by atoms with Gasteiger partial charge in [-0.1, -0.05) is 6.07 Å². The molecule has 110 valence electrons. The lowest BCUT2D eigenvalue weighted by molar-refractivity contribution is 0.453. The second-order valence-corrected chi connectivity index (χ2v) is 4.95. The van der Waals surface area contributed by atoms with Crippen LogP contribution in [-0.2, 0) is 0 Å². The maximum atomic E-state index is 4.45. The van der Waals surface area contributed by atoms with Crippen LogP contribution < -0.4 is 5.32 Å². The van der Waals surface area contributed by atoms with Crippen molar-refractivity contribution in [2.75, 3.05) is 13.1 Å². The van der Waals surface area contributed by atoms with Gasteiger partial charge in [0, 0.05) is 12.1 Å². The maximum Gasteiger partial charge on any atom is 0.0880 e. The highest BCUT2D eigenvalue weighted by Gasteiger charge is 2.18. The first kappa shape index (κ1) is 17.0. The Morgan fingerprint density at radius 1 is 1.15 bits per heavy atom. The summed E-state index contributed by atoms with van der Waals surface area (Å²) in [4.78, 5) is 4.42. The van der Waals surface area contributed by atoms with E-state index in [1.54, 1.807) is 0 Å². The molecular weight excluding hydrogens is 295 g/mol. The van der Waals surface area contributed by atoms with E-state index in [0.29, 0.717) is 5.92 Å². The van der Waals surface area contributed by atoms with Gasteiger partial charge in [-0.05, 0) is 50.6 Å². The fourth-order valence-corrected chi connectivity index (χ4v) is 2.42. The molecule has 0 radical (unpaired) electrons. The minimum absolute atomic E-state index is 0. The molecule has 3 heterocycles. The third-order valence-corrected chi connectivity index (χ3v) is 3.54. The van der Waals surface area contributed by atoms with E-state index in [9.17, 15) is 0 Å². The Labute approximate surface area is 131 Å². The van der Waals surface area contributed by atoms with Crippen molar-refractivity contribution in [3.05, 3.63) is 35.7 Å². The Morgan fingerprint density at radius 3 is 2.55 bits per heavy atom. The number of pyridine rings is 1. The van der Waals surface area contributed by atoms with Crippen LogP contribution in [0.15, 0.2) is 24.4 Å². The second kappa shape index (κ2) is 7.62. The van der Waals surface area contributed by atoms with Gasteiger partial charge in [0.25, 0.3) is 0 Å². The number of nitrogens with zero attached hydrogens (tertiary/aromatic N) is 2. The molecule has 2 N–H and O–H groups in total. The van der Waals surface area contributed by atoms with E-state index >= 15 is 0 Å². The van der Waals surface area contributed by atoms with E-state index in [1.807, 2.05) is 19.2 Å². The molecule has 6 heteroatoms. The van der Waals surface area contributed by atoms with Crippen molar-refractivity contribution in [1.29, 1.82) is 0 Å². The first-order valence-electron chi connectivity index (χ1n) is 6.52. The van der Waals surface area contributed by atoms with E-state index in [2.05, 4.69) is 32.6 Å². The highest BCUT2D eigenvalue weighted by molar-refractivity contribution is 5.85. The van der Waals surface area contributed by atoms with Crippen molar-refractivity contribution in [3.63, 3.8) is 0 Å². The van der Waals surface area contributed by atoms with Crippen LogP contribution in [0.1, 0.15) is 30.0 Å². The summed E-state index contributed by atoms with van der Waals surface area (Å²) in [6.07, 6.45) is 4.23. The zero-order valence-corrected chi connectivity index (χ0v) is 13.1. The Bertz CT molecular complexity index is 518. The van der Waals surface area contributed by atoms with Crippen LogP contribution in [0, 0.1) is 6.92 Å². The van der Waals surface area contributed by atoms with E-state index in [4.69, 9.17) is 0 Å². The maximum absolute atomic E-state index is 4.45. The van der Waals surface area contributed by atoms with Crippen molar-refractivity contribution in [2.45, 2.75) is 25.7 Å². The molecule has 1 aliphatic heterocycles. The van der Waals surface area contributed by atoms with Crippen LogP contribution in [0.4, 0.5) is 0 Å². The molecule has 0 saturated carbocycles. The van der Waals surface area contributed by atoms with Gasteiger partial charge in [0.15, 0.2) is 0 Å². The number of aromatic amines is 1. The molecule has 4 nitrogen and oxygen atoms in total. The normalized spacial score (nSPS) is 15.2. The van der Waals surface area contributed by atoms with Crippen molar-refractivity contribution in [3.8, 4) is 11.4 Å². The minimum atomic E-state index is 0. The smallest absolute Gasteiger partial charge is 0.0880 e. The number of hydrogen-bond acceptors (Lipinski definition) is 3. The summed E-state index contributed by atoms with van der Waals surface area (Å²) in [5.41, 5.74) is 4.34. The fourth-order valence-electron chi connectivity index (χ4n) is 2.42. The van der Waals surface area contributed by atoms with E-state index in [0.717, 1.165) is 24.5 Å². The topological polar surface area (TPSA) is 53.6 Å². The van der Waals surface area contributed by atoms with Crippen LogP contribution >= 0.6 is 24.8 Å². The average molecular weight is 315 g/mol. The molecule has 0 bridgehead atoms. The van der Waals surface area contributed by atoms with Crippen LogP contribution in [0.5, 0.6) is 0 Å². The van der Waals surface area contributed by atoms with Gasteiger partial charge in [0.05, 0.1) is 17.1 Å². The molecule has 1 fully saturated rings. The number of aromatic nitrogens is 3. The van der Waals surface area contributed by atoms with Crippen molar-refractivity contribution in [1.82, 2.24) is 20.5 Å². The first-order chi connectivity index (χ1) is 8.83. The summed E-state index contributed by atoms with van der Waals surface area (Å²) in [7, 11) is 0. The molecule has 1 saturated heterocycles. The van der Waals surface area contributed by atoms with Crippen LogP contribution in [-0.4, -0.2) is 28.3 Å². The number of nitrogens with one attached hydrogen (secondary N) is 2. The van der Waals surface area contributed by atoms with E-state index < -0.39 is 0 Å². The molecule has 2 aromatic heterocycles. The minimum Gasteiger partial charge on any atom is -0.317 e. The molecule has 0 unspecified atom stereocenters. The lowest BCUT2D eigenvalue weighted by Crippen LogP contribution is -2.26. The molecule has 1 aliphatic rings. The summed E-state index contributed by atoms with van der Waals surface area (Å²) in [5.74, 6) is 0.585. The van der Waals surface area contributed by atoms with Gasteiger partial charge >= 0.3 is 0 Å². The van der Waals surface area contributed by atoms with Crippen molar-refractivity contribution in [2.24, 2.45) is 0 Å². The highest BCUT2D eigenvalue weighted by atomic mass is 35.5. The quantitative estimate of drug-likeness (QED) is 0.895. The molecule has 2 aromatic rings. The first-order valence-corrected chi connectivity index (χ1v) is 6.52. The zero-order valence-electron chi connectivity index (χ0n) is 11.4. The second-order valence-electron chi connectivity index (χ2n) is 4.95. The summed E-state index contributed by atoms with van der Waals surface area (Å²) < 4.78 is 0. The SMILES string of the molecule is Cc1ccc(-c2cc(C3CCNCC3)n[nH]2)nc1.Cl.Cl. The van der Waals surface area contributed by atoms with Crippen LogP contribution in [0.3, 0.4) is 0 Å².